The van der Waals surface area contributed by atoms with Crippen molar-refractivity contribution in [1.82, 2.24) is 10.2 Å². The molecule has 152 valence electrons. The maximum absolute atomic E-state index is 12.5. The van der Waals surface area contributed by atoms with Gasteiger partial charge in [0.1, 0.15) is 11.8 Å². The SMILES string of the molecule is CC(=O)C1CC(C(=O)NCCCN2CC(C)OC(C)C2)=NN1c1ccccc1. The summed E-state index contributed by atoms with van der Waals surface area (Å²) in [5.74, 6) is -0.181. The second-order valence-corrected chi connectivity index (χ2v) is 7.68. The van der Waals surface area contributed by atoms with Crippen molar-refractivity contribution in [2.75, 3.05) is 31.2 Å². The minimum atomic E-state index is -0.417. The Bertz CT molecular complexity index is 712. The molecule has 0 radical (unpaired) electrons. The Hall–Kier alpha value is -2.25. The van der Waals surface area contributed by atoms with Gasteiger partial charge in [0.25, 0.3) is 5.91 Å². The molecule has 7 nitrogen and oxygen atoms in total. The summed E-state index contributed by atoms with van der Waals surface area (Å²) in [5.41, 5.74) is 1.23. The fourth-order valence-electron chi connectivity index (χ4n) is 3.86. The first-order valence-electron chi connectivity index (χ1n) is 10.0. The van der Waals surface area contributed by atoms with Crippen LogP contribution in [-0.4, -0.2) is 66.7 Å². The molecular weight excluding hydrogens is 356 g/mol. The van der Waals surface area contributed by atoms with Gasteiger partial charge in [-0.3, -0.25) is 19.5 Å². The Morgan fingerprint density at radius 1 is 1.18 bits per heavy atom. The molecule has 3 rings (SSSR count). The molecule has 1 fully saturated rings. The summed E-state index contributed by atoms with van der Waals surface area (Å²) in [6.07, 6.45) is 1.71. The number of rotatable bonds is 7. The number of hydrogen-bond donors (Lipinski definition) is 1. The van der Waals surface area contributed by atoms with Gasteiger partial charge in [-0.15, -0.1) is 0 Å². The summed E-state index contributed by atoms with van der Waals surface area (Å²) >= 11 is 0. The van der Waals surface area contributed by atoms with Gasteiger partial charge in [0.2, 0.25) is 0 Å². The van der Waals surface area contributed by atoms with Crippen LogP contribution in [-0.2, 0) is 14.3 Å². The second kappa shape index (κ2) is 9.30. The molecule has 1 amide bonds. The number of para-hydroxylation sites is 1. The molecule has 28 heavy (non-hydrogen) atoms. The van der Waals surface area contributed by atoms with E-state index in [9.17, 15) is 9.59 Å². The van der Waals surface area contributed by atoms with Crippen LogP contribution in [0.15, 0.2) is 35.4 Å². The van der Waals surface area contributed by atoms with E-state index < -0.39 is 6.04 Å². The van der Waals surface area contributed by atoms with E-state index in [2.05, 4.69) is 29.2 Å². The molecule has 0 aromatic heterocycles. The molecule has 3 atom stereocenters. The molecule has 7 heteroatoms. The molecule has 0 saturated carbocycles. The molecule has 1 saturated heterocycles. The highest BCUT2D eigenvalue weighted by molar-refractivity contribution is 6.40. The highest BCUT2D eigenvalue weighted by Gasteiger charge is 2.34. The fourth-order valence-corrected chi connectivity index (χ4v) is 3.86. The lowest BCUT2D eigenvalue weighted by atomic mass is 10.1. The third kappa shape index (κ3) is 5.17. The number of benzene rings is 1. The van der Waals surface area contributed by atoms with E-state index in [-0.39, 0.29) is 23.9 Å². The van der Waals surface area contributed by atoms with Crippen LogP contribution >= 0.6 is 0 Å². The van der Waals surface area contributed by atoms with Crippen LogP contribution in [0.2, 0.25) is 0 Å². The third-order valence-electron chi connectivity index (χ3n) is 5.09. The molecule has 1 aromatic carbocycles. The van der Waals surface area contributed by atoms with Gasteiger partial charge in [-0.1, -0.05) is 18.2 Å². The van der Waals surface area contributed by atoms with Crippen molar-refractivity contribution in [1.29, 1.82) is 0 Å². The lowest BCUT2D eigenvalue weighted by Crippen LogP contribution is -2.46. The number of ketones is 1. The number of nitrogens with zero attached hydrogens (tertiary/aromatic N) is 3. The number of Topliss-reactive ketones (excluding diaryl/α,β-unsaturated/α-hetero) is 1. The Balaban J connectivity index is 1.50. The second-order valence-electron chi connectivity index (χ2n) is 7.68. The van der Waals surface area contributed by atoms with E-state index in [0.29, 0.717) is 18.7 Å². The van der Waals surface area contributed by atoms with Crippen molar-refractivity contribution in [3.05, 3.63) is 30.3 Å². The van der Waals surface area contributed by atoms with Crippen LogP contribution < -0.4 is 10.3 Å². The molecule has 2 heterocycles. The predicted octanol–water partition coefficient (Wildman–Crippen LogP) is 1.83. The number of nitrogens with one attached hydrogen (secondary N) is 1. The number of hydrogen-bond acceptors (Lipinski definition) is 6. The molecule has 1 N–H and O–H groups in total. The summed E-state index contributed by atoms with van der Waals surface area (Å²) < 4.78 is 5.74. The molecule has 0 aliphatic carbocycles. The largest absolute Gasteiger partial charge is 0.373 e. The Kier molecular flexibility index (Phi) is 6.80. The molecule has 2 aliphatic heterocycles. The maximum atomic E-state index is 12.5. The number of anilines is 1. The van der Waals surface area contributed by atoms with Crippen molar-refractivity contribution in [3.63, 3.8) is 0 Å². The highest BCUT2D eigenvalue weighted by Crippen LogP contribution is 2.25. The first-order valence-corrected chi connectivity index (χ1v) is 10.0. The van der Waals surface area contributed by atoms with Crippen molar-refractivity contribution in [3.8, 4) is 0 Å². The molecule has 0 spiro atoms. The van der Waals surface area contributed by atoms with Crippen molar-refractivity contribution in [2.24, 2.45) is 5.10 Å². The molecule has 2 aliphatic rings. The minimum Gasteiger partial charge on any atom is -0.373 e. The van der Waals surface area contributed by atoms with Crippen LogP contribution in [0.4, 0.5) is 5.69 Å². The number of amides is 1. The number of ether oxygens (including phenoxy) is 1. The van der Waals surface area contributed by atoms with Gasteiger partial charge < -0.3 is 10.1 Å². The molecule has 3 unspecified atom stereocenters. The van der Waals surface area contributed by atoms with Gasteiger partial charge in [-0.25, -0.2) is 0 Å². The van der Waals surface area contributed by atoms with Crippen LogP contribution in [0, 0.1) is 0 Å². The van der Waals surface area contributed by atoms with Gasteiger partial charge in [0.05, 0.1) is 17.9 Å². The molecule has 0 bridgehead atoms. The van der Waals surface area contributed by atoms with Gasteiger partial charge in [-0.05, 0) is 39.3 Å². The van der Waals surface area contributed by atoms with Crippen molar-refractivity contribution < 1.29 is 14.3 Å². The fraction of sp³-hybridized carbons (Fsp3) is 0.571. The predicted molar refractivity (Wildman–Crippen MR) is 110 cm³/mol. The number of hydrazone groups is 1. The summed E-state index contributed by atoms with van der Waals surface area (Å²) in [7, 11) is 0. The average Bonchev–Trinajstić information content (AvgIpc) is 3.11. The van der Waals surface area contributed by atoms with Crippen LogP contribution in [0.25, 0.3) is 0 Å². The maximum Gasteiger partial charge on any atom is 0.267 e. The monoisotopic (exact) mass is 386 g/mol. The third-order valence-corrected chi connectivity index (χ3v) is 5.09. The Morgan fingerprint density at radius 2 is 1.86 bits per heavy atom. The highest BCUT2D eigenvalue weighted by atomic mass is 16.5. The van der Waals surface area contributed by atoms with Crippen molar-refractivity contribution in [2.45, 2.75) is 51.9 Å². The zero-order valence-electron chi connectivity index (χ0n) is 16.9. The summed E-state index contributed by atoms with van der Waals surface area (Å²) in [5, 5.41) is 9.05. The summed E-state index contributed by atoms with van der Waals surface area (Å²) in [6, 6.07) is 9.07. The first kappa shape index (κ1) is 20.5. The summed E-state index contributed by atoms with van der Waals surface area (Å²) in [6.45, 7) is 9.10. The smallest absolute Gasteiger partial charge is 0.267 e. The van der Waals surface area contributed by atoms with Crippen LogP contribution in [0.5, 0.6) is 0 Å². The van der Waals surface area contributed by atoms with Crippen LogP contribution in [0.3, 0.4) is 0 Å². The quantitative estimate of drug-likeness (QED) is 0.724. The number of morpholine rings is 1. The van der Waals surface area contributed by atoms with E-state index in [1.54, 1.807) is 11.9 Å². The van der Waals surface area contributed by atoms with Gasteiger partial charge in [0.15, 0.2) is 5.78 Å². The Labute approximate surface area is 166 Å². The standard InChI is InChI=1S/C21H30N4O3/c1-15-13-24(14-16(2)28-15)11-7-10-22-21(27)19-12-20(17(3)26)25(23-19)18-8-5-4-6-9-18/h4-6,8-9,15-16,20H,7,10-14H2,1-3H3,(H,22,27). The zero-order chi connectivity index (χ0) is 20.1. The van der Waals surface area contributed by atoms with Crippen LogP contribution in [0.1, 0.15) is 33.6 Å². The van der Waals surface area contributed by atoms with Gasteiger partial charge >= 0.3 is 0 Å². The Morgan fingerprint density at radius 3 is 2.50 bits per heavy atom. The van der Waals surface area contributed by atoms with E-state index >= 15 is 0 Å². The summed E-state index contributed by atoms with van der Waals surface area (Å²) in [4.78, 5) is 26.9. The minimum absolute atomic E-state index is 0.00552. The molecular formula is C21H30N4O3. The number of carbonyl (C=O) groups excluding carboxylic acids is 2. The molecule has 1 aromatic rings. The zero-order valence-corrected chi connectivity index (χ0v) is 16.9. The van der Waals surface area contributed by atoms with Gasteiger partial charge in [0, 0.05) is 32.6 Å². The lowest BCUT2D eigenvalue weighted by Gasteiger charge is -2.35. The van der Waals surface area contributed by atoms with E-state index in [4.69, 9.17) is 4.74 Å². The topological polar surface area (TPSA) is 74.2 Å². The van der Waals surface area contributed by atoms with E-state index in [0.717, 1.165) is 31.7 Å². The normalized spacial score (nSPS) is 25.5. The lowest BCUT2D eigenvalue weighted by molar-refractivity contribution is -0.118. The van der Waals surface area contributed by atoms with E-state index in [1.807, 2.05) is 30.3 Å². The first-order chi connectivity index (χ1) is 13.4. The number of carbonyl (C=O) groups is 2. The van der Waals surface area contributed by atoms with Crippen molar-refractivity contribution >= 4 is 23.1 Å². The average molecular weight is 386 g/mol. The van der Waals surface area contributed by atoms with Gasteiger partial charge in [-0.2, -0.15) is 5.10 Å². The van der Waals surface area contributed by atoms with E-state index in [1.165, 1.54) is 0 Å².